The third kappa shape index (κ3) is 4.62. The number of Topliss-reactive ketones (excluding diaryl/α,β-unsaturated/α-hetero) is 1. The number of hydrogen-bond donors (Lipinski definition) is 0. The van der Waals surface area contributed by atoms with Gasteiger partial charge in [0.15, 0.2) is 5.78 Å². The van der Waals surface area contributed by atoms with E-state index in [2.05, 4.69) is 18.2 Å². The molecule has 0 aliphatic carbocycles. The van der Waals surface area contributed by atoms with E-state index in [0.717, 1.165) is 16.3 Å². The number of benzene rings is 3. The zero-order valence-electron chi connectivity index (χ0n) is 19.0. The van der Waals surface area contributed by atoms with Crippen LogP contribution in [0.2, 0.25) is 0 Å². The first-order valence-corrected chi connectivity index (χ1v) is 11.0. The zero-order valence-corrected chi connectivity index (χ0v) is 19.0. The topological polar surface area (TPSA) is 55.8 Å². The van der Waals surface area contributed by atoms with Gasteiger partial charge in [-0.2, -0.15) is 0 Å². The van der Waals surface area contributed by atoms with Crippen molar-refractivity contribution in [3.63, 3.8) is 0 Å². The molecule has 1 aliphatic heterocycles. The fourth-order valence-corrected chi connectivity index (χ4v) is 4.15. The van der Waals surface area contributed by atoms with Gasteiger partial charge in [0.2, 0.25) is 0 Å². The number of nitrogens with zero attached hydrogens (tertiary/aromatic N) is 1. The van der Waals surface area contributed by atoms with Crippen molar-refractivity contribution in [2.45, 2.75) is 51.9 Å². The van der Waals surface area contributed by atoms with Crippen LogP contribution in [0, 0.1) is 0 Å². The van der Waals surface area contributed by atoms with E-state index in [1.165, 1.54) is 0 Å². The summed E-state index contributed by atoms with van der Waals surface area (Å²) in [5.41, 5.74) is 0.982. The summed E-state index contributed by atoms with van der Waals surface area (Å²) in [6.07, 6.45) is -0.645. The predicted octanol–water partition coefficient (Wildman–Crippen LogP) is 6.17. The van der Waals surface area contributed by atoms with Crippen molar-refractivity contribution in [2.24, 2.45) is 0 Å². The van der Waals surface area contributed by atoms with Crippen LogP contribution in [-0.2, 0) is 4.74 Å². The molecule has 5 heteroatoms. The van der Waals surface area contributed by atoms with Crippen LogP contribution in [0.4, 0.5) is 4.79 Å². The van der Waals surface area contributed by atoms with Crippen molar-refractivity contribution in [2.75, 3.05) is 6.54 Å². The molecule has 0 saturated heterocycles. The van der Waals surface area contributed by atoms with Crippen molar-refractivity contribution in [1.29, 1.82) is 0 Å². The molecule has 0 aromatic heterocycles. The number of ether oxygens (including phenoxy) is 2. The lowest BCUT2D eigenvalue weighted by atomic mass is 9.97. The van der Waals surface area contributed by atoms with E-state index in [-0.39, 0.29) is 24.8 Å². The number of ketones is 1. The maximum absolute atomic E-state index is 13.3. The smallest absolute Gasteiger partial charge is 0.410 e. The average molecular weight is 432 g/mol. The fraction of sp³-hybridized carbons (Fsp3) is 0.333. The molecule has 4 rings (SSSR count). The zero-order chi connectivity index (χ0) is 22.9. The molecule has 3 aromatic rings. The Hall–Kier alpha value is -3.34. The minimum Gasteiger partial charge on any atom is -0.487 e. The SMILES string of the molecule is CC(c1cccc2ccccc12)N(CC1CC(=O)c2ccccc2O1)C(=O)OC(C)(C)C. The number of amides is 1. The molecule has 5 nitrogen and oxygen atoms in total. The summed E-state index contributed by atoms with van der Waals surface area (Å²) in [5, 5.41) is 2.20. The Morgan fingerprint density at radius 3 is 2.53 bits per heavy atom. The molecule has 2 unspecified atom stereocenters. The maximum atomic E-state index is 13.3. The highest BCUT2D eigenvalue weighted by molar-refractivity contribution is 5.99. The molecule has 0 fully saturated rings. The Bertz CT molecular complexity index is 1140. The van der Waals surface area contributed by atoms with Crippen LogP contribution in [0.25, 0.3) is 10.8 Å². The number of carbonyl (C=O) groups is 2. The van der Waals surface area contributed by atoms with Gasteiger partial charge >= 0.3 is 6.09 Å². The van der Waals surface area contributed by atoms with Gasteiger partial charge in [0, 0.05) is 6.42 Å². The highest BCUT2D eigenvalue weighted by atomic mass is 16.6. The third-order valence-electron chi connectivity index (χ3n) is 5.66. The van der Waals surface area contributed by atoms with Crippen LogP contribution < -0.4 is 4.74 Å². The van der Waals surface area contributed by atoms with Crippen LogP contribution in [0.3, 0.4) is 0 Å². The Kier molecular flexibility index (Phi) is 5.92. The van der Waals surface area contributed by atoms with Crippen LogP contribution in [-0.4, -0.2) is 35.0 Å². The van der Waals surface area contributed by atoms with E-state index in [1.54, 1.807) is 17.0 Å². The van der Waals surface area contributed by atoms with Gasteiger partial charge in [0.05, 0.1) is 18.2 Å². The van der Waals surface area contributed by atoms with E-state index in [1.807, 2.05) is 64.1 Å². The summed E-state index contributed by atoms with van der Waals surface area (Å²) in [6, 6.07) is 21.2. The van der Waals surface area contributed by atoms with Gasteiger partial charge < -0.3 is 9.47 Å². The number of rotatable bonds is 4. The molecular formula is C27H29NO4. The molecule has 0 N–H and O–H groups in total. The Balaban J connectivity index is 1.66. The minimum atomic E-state index is -0.635. The molecule has 1 heterocycles. The van der Waals surface area contributed by atoms with Gasteiger partial charge in [-0.3, -0.25) is 9.69 Å². The summed E-state index contributed by atoms with van der Waals surface area (Å²) in [6.45, 7) is 7.79. The molecule has 2 atom stereocenters. The quantitative estimate of drug-likeness (QED) is 0.496. The van der Waals surface area contributed by atoms with Crippen molar-refractivity contribution in [3.05, 3.63) is 77.9 Å². The Morgan fingerprint density at radius 2 is 1.75 bits per heavy atom. The summed E-state index contributed by atoms with van der Waals surface area (Å²) in [7, 11) is 0. The predicted molar refractivity (Wildman–Crippen MR) is 125 cm³/mol. The summed E-state index contributed by atoms with van der Waals surface area (Å²) in [5.74, 6) is 0.592. The normalized spacial score (nSPS) is 16.8. The first kappa shape index (κ1) is 21.9. The first-order chi connectivity index (χ1) is 15.2. The standard InChI is InChI=1S/C27H29NO4/c1-18(21-14-9-11-19-10-5-6-12-22(19)21)28(26(30)32-27(2,3)4)17-20-16-24(29)23-13-7-8-15-25(23)31-20/h5-15,18,20H,16-17H2,1-4H3. The lowest BCUT2D eigenvalue weighted by Crippen LogP contribution is -2.45. The number of para-hydroxylation sites is 1. The highest BCUT2D eigenvalue weighted by Crippen LogP contribution is 2.32. The molecule has 3 aromatic carbocycles. The first-order valence-electron chi connectivity index (χ1n) is 11.0. The van der Waals surface area contributed by atoms with Crippen molar-refractivity contribution in [1.82, 2.24) is 4.90 Å². The molecule has 1 aliphatic rings. The maximum Gasteiger partial charge on any atom is 0.410 e. The fourth-order valence-electron chi connectivity index (χ4n) is 4.15. The molecule has 0 saturated carbocycles. The van der Waals surface area contributed by atoms with E-state index in [4.69, 9.17) is 9.47 Å². The van der Waals surface area contributed by atoms with Crippen LogP contribution in [0.5, 0.6) is 5.75 Å². The molecule has 0 radical (unpaired) electrons. The van der Waals surface area contributed by atoms with Gasteiger partial charge in [-0.25, -0.2) is 4.79 Å². The summed E-state index contributed by atoms with van der Waals surface area (Å²) >= 11 is 0. The second kappa shape index (κ2) is 8.65. The lowest BCUT2D eigenvalue weighted by molar-refractivity contribution is 0.00643. The average Bonchev–Trinajstić information content (AvgIpc) is 2.75. The number of carbonyl (C=O) groups excluding carboxylic acids is 2. The van der Waals surface area contributed by atoms with Crippen LogP contribution in [0.1, 0.15) is 56.1 Å². The van der Waals surface area contributed by atoms with E-state index < -0.39 is 17.8 Å². The van der Waals surface area contributed by atoms with Crippen molar-refractivity contribution in [3.8, 4) is 5.75 Å². The second-order valence-electron chi connectivity index (χ2n) is 9.24. The summed E-state index contributed by atoms with van der Waals surface area (Å²) in [4.78, 5) is 27.6. The molecule has 0 spiro atoms. The van der Waals surface area contributed by atoms with E-state index >= 15 is 0 Å². The molecular weight excluding hydrogens is 402 g/mol. The molecule has 166 valence electrons. The van der Waals surface area contributed by atoms with Gasteiger partial charge in [0.1, 0.15) is 17.5 Å². The van der Waals surface area contributed by atoms with Crippen molar-refractivity contribution < 1.29 is 19.1 Å². The minimum absolute atomic E-state index is 0.0267. The lowest BCUT2D eigenvalue weighted by Gasteiger charge is -2.36. The number of fused-ring (bicyclic) bond motifs is 2. The molecule has 32 heavy (non-hydrogen) atoms. The van der Waals surface area contributed by atoms with Gasteiger partial charge in [0.25, 0.3) is 0 Å². The Labute approximate surface area is 188 Å². The van der Waals surface area contributed by atoms with Gasteiger partial charge in [-0.05, 0) is 56.2 Å². The van der Waals surface area contributed by atoms with E-state index in [9.17, 15) is 9.59 Å². The summed E-state index contributed by atoms with van der Waals surface area (Å²) < 4.78 is 11.9. The highest BCUT2D eigenvalue weighted by Gasteiger charge is 2.34. The third-order valence-corrected chi connectivity index (χ3v) is 5.66. The monoisotopic (exact) mass is 431 g/mol. The van der Waals surface area contributed by atoms with E-state index in [0.29, 0.717) is 11.3 Å². The van der Waals surface area contributed by atoms with Gasteiger partial charge in [-0.15, -0.1) is 0 Å². The van der Waals surface area contributed by atoms with Crippen molar-refractivity contribution >= 4 is 22.6 Å². The molecule has 0 bridgehead atoms. The Morgan fingerprint density at radius 1 is 1.06 bits per heavy atom. The number of hydrogen-bond acceptors (Lipinski definition) is 4. The molecule has 1 amide bonds. The second-order valence-corrected chi connectivity index (χ2v) is 9.24. The van der Waals surface area contributed by atoms with Crippen LogP contribution in [0.15, 0.2) is 66.7 Å². The van der Waals surface area contributed by atoms with Gasteiger partial charge in [-0.1, -0.05) is 54.6 Å². The largest absolute Gasteiger partial charge is 0.487 e. The van der Waals surface area contributed by atoms with Crippen LogP contribution >= 0.6 is 0 Å².